The Morgan fingerprint density at radius 3 is 2.88 bits per heavy atom. The van der Waals surface area contributed by atoms with Gasteiger partial charge in [-0.25, -0.2) is 0 Å². The summed E-state index contributed by atoms with van der Waals surface area (Å²) in [7, 11) is 0. The Hall–Kier alpha value is -1.99. The molecule has 3 rings (SSSR count). The average Bonchev–Trinajstić information content (AvgIpc) is 2.58. The summed E-state index contributed by atoms with van der Waals surface area (Å²) in [6.45, 7) is 0.306. The lowest BCUT2D eigenvalue weighted by Crippen LogP contribution is -2.39. The monoisotopic (exact) mass is 347 g/mol. The minimum absolute atomic E-state index is 0.0885. The highest BCUT2D eigenvalue weighted by Crippen LogP contribution is 2.23. The van der Waals surface area contributed by atoms with E-state index >= 15 is 0 Å². The third-order valence-electron chi connectivity index (χ3n) is 4.62. The van der Waals surface area contributed by atoms with Gasteiger partial charge in [-0.15, -0.1) is 0 Å². The zero-order valence-electron chi connectivity index (χ0n) is 13.3. The summed E-state index contributed by atoms with van der Waals surface area (Å²) in [5.41, 5.74) is 0.386. The number of para-hydroxylation sites is 1. The van der Waals surface area contributed by atoms with Crippen LogP contribution in [0.3, 0.4) is 0 Å². The molecule has 7 heteroatoms. The van der Waals surface area contributed by atoms with Gasteiger partial charge in [-0.3, -0.25) is 14.2 Å². The highest BCUT2D eigenvalue weighted by molar-refractivity contribution is 7.71. The van der Waals surface area contributed by atoms with Crippen molar-refractivity contribution in [2.24, 2.45) is 5.92 Å². The van der Waals surface area contributed by atoms with Gasteiger partial charge in [0.25, 0.3) is 5.56 Å². The molecule has 0 saturated heterocycles. The quantitative estimate of drug-likeness (QED) is 0.735. The van der Waals surface area contributed by atoms with Gasteiger partial charge in [0, 0.05) is 12.5 Å². The summed E-state index contributed by atoms with van der Waals surface area (Å²) >= 11 is 5.20. The second kappa shape index (κ2) is 7.27. The van der Waals surface area contributed by atoms with Crippen molar-refractivity contribution in [1.29, 1.82) is 0 Å². The van der Waals surface area contributed by atoms with Crippen LogP contribution in [0.5, 0.6) is 0 Å². The minimum Gasteiger partial charge on any atom is -0.393 e. The van der Waals surface area contributed by atoms with Gasteiger partial charge in [0.15, 0.2) is 4.77 Å². The van der Waals surface area contributed by atoms with E-state index in [1.807, 2.05) is 6.07 Å². The van der Waals surface area contributed by atoms with Crippen molar-refractivity contribution in [2.45, 2.75) is 38.3 Å². The highest BCUT2D eigenvalue weighted by atomic mass is 32.1. The first kappa shape index (κ1) is 16.9. The van der Waals surface area contributed by atoms with E-state index in [0.717, 1.165) is 25.7 Å². The van der Waals surface area contributed by atoms with E-state index in [0.29, 0.717) is 17.4 Å². The fraction of sp³-hybridized carbons (Fsp3) is 0.471. The summed E-state index contributed by atoms with van der Waals surface area (Å²) < 4.78 is 1.50. The molecule has 1 aliphatic rings. The number of aromatic amines is 1. The lowest BCUT2D eigenvalue weighted by Gasteiger charge is -2.27. The van der Waals surface area contributed by atoms with Gasteiger partial charge >= 0.3 is 0 Å². The van der Waals surface area contributed by atoms with Gasteiger partial charge in [-0.2, -0.15) is 0 Å². The standard InChI is InChI=1S/C17H21N3O3S/c21-14-8-4-1-5-11(14)9-18-15(22)10-20-16(23)12-6-2-3-7-13(12)19-17(20)24/h2-3,6-7,11,14,21H,1,4-5,8-10H2,(H,18,22)(H,19,24)/t11-,14+/m1/s1. The smallest absolute Gasteiger partial charge is 0.262 e. The molecule has 1 amide bonds. The van der Waals surface area contributed by atoms with Gasteiger partial charge in [0.05, 0.1) is 17.0 Å². The Kier molecular flexibility index (Phi) is 5.11. The van der Waals surface area contributed by atoms with Gasteiger partial charge < -0.3 is 15.4 Å². The van der Waals surface area contributed by atoms with Crippen LogP contribution in [0.4, 0.5) is 0 Å². The van der Waals surface area contributed by atoms with E-state index < -0.39 is 0 Å². The Bertz CT molecular complexity index is 858. The second-order valence-corrected chi connectivity index (χ2v) is 6.67. The first-order valence-corrected chi connectivity index (χ1v) is 8.63. The third kappa shape index (κ3) is 3.57. The lowest BCUT2D eigenvalue weighted by molar-refractivity contribution is -0.122. The minimum atomic E-state index is -0.356. The number of nitrogens with zero attached hydrogens (tertiary/aromatic N) is 1. The number of amides is 1. The van der Waals surface area contributed by atoms with Crippen LogP contribution in [-0.4, -0.2) is 33.2 Å². The van der Waals surface area contributed by atoms with Crippen molar-refractivity contribution >= 4 is 29.0 Å². The number of fused-ring (bicyclic) bond motifs is 1. The molecule has 1 heterocycles. The molecule has 6 nitrogen and oxygen atoms in total. The van der Waals surface area contributed by atoms with Crippen molar-refractivity contribution < 1.29 is 9.90 Å². The molecule has 0 bridgehead atoms. The van der Waals surface area contributed by atoms with E-state index in [9.17, 15) is 14.7 Å². The number of nitrogens with one attached hydrogen (secondary N) is 2. The number of aromatic nitrogens is 2. The number of carbonyl (C=O) groups is 1. The number of hydrogen-bond acceptors (Lipinski definition) is 4. The lowest BCUT2D eigenvalue weighted by atomic mass is 9.86. The summed E-state index contributed by atoms with van der Waals surface area (Å²) in [5.74, 6) is -0.185. The molecule has 24 heavy (non-hydrogen) atoms. The first-order chi connectivity index (χ1) is 11.6. The fourth-order valence-electron chi connectivity index (χ4n) is 3.21. The Morgan fingerprint density at radius 1 is 1.33 bits per heavy atom. The summed E-state index contributed by atoms with van der Waals surface area (Å²) in [5, 5.41) is 13.3. The molecule has 0 unspecified atom stereocenters. The number of H-pyrrole nitrogens is 1. The molecular formula is C17H21N3O3S. The highest BCUT2D eigenvalue weighted by Gasteiger charge is 2.23. The molecule has 1 aromatic carbocycles. The van der Waals surface area contributed by atoms with Crippen LogP contribution < -0.4 is 10.9 Å². The topological polar surface area (TPSA) is 87.1 Å². The van der Waals surface area contributed by atoms with Crippen LogP contribution in [0.2, 0.25) is 0 Å². The zero-order valence-corrected chi connectivity index (χ0v) is 14.1. The molecule has 0 aliphatic heterocycles. The number of aliphatic hydroxyl groups is 1. The van der Waals surface area contributed by atoms with Crippen LogP contribution in [-0.2, 0) is 11.3 Å². The molecule has 0 spiro atoms. The van der Waals surface area contributed by atoms with Gasteiger partial charge in [-0.1, -0.05) is 25.0 Å². The predicted molar refractivity (Wildman–Crippen MR) is 94.4 cm³/mol. The van der Waals surface area contributed by atoms with E-state index in [-0.39, 0.29) is 34.8 Å². The number of rotatable bonds is 4. The third-order valence-corrected chi connectivity index (χ3v) is 4.94. The summed E-state index contributed by atoms with van der Waals surface area (Å²) in [6, 6.07) is 7.08. The molecule has 3 N–H and O–H groups in total. The van der Waals surface area contributed by atoms with Gasteiger partial charge in [-0.05, 0) is 37.2 Å². The maximum atomic E-state index is 12.5. The van der Waals surface area contributed by atoms with Crippen LogP contribution in [0.1, 0.15) is 25.7 Å². The molecule has 128 valence electrons. The Labute approximate surface area is 144 Å². The molecule has 1 aromatic heterocycles. The van der Waals surface area contributed by atoms with Crippen molar-refractivity contribution in [3.63, 3.8) is 0 Å². The van der Waals surface area contributed by atoms with Crippen molar-refractivity contribution in [3.05, 3.63) is 39.4 Å². The summed E-state index contributed by atoms with van der Waals surface area (Å²) in [6.07, 6.45) is 3.46. The Morgan fingerprint density at radius 2 is 2.08 bits per heavy atom. The van der Waals surface area contributed by atoms with Crippen molar-refractivity contribution in [3.8, 4) is 0 Å². The average molecular weight is 347 g/mol. The molecule has 2 aromatic rings. The fourth-order valence-corrected chi connectivity index (χ4v) is 3.47. The van der Waals surface area contributed by atoms with Crippen LogP contribution in [0.15, 0.2) is 29.1 Å². The predicted octanol–water partition coefficient (Wildman–Crippen LogP) is 1.73. The first-order valence-electron chi connectivity index (χ1n) is 8.23. The number of aliphatic hydroxyl groups excluding tert-OH is 1. The maximum Gasteiger partial charge on any atom is 0.262 e. The normalized spacial score (nSPS) is 20.9. The zero-order chi connectivity index (χ0) is 17.1. The van der Waals surface area contributed by atoms with E-state index in [1.54, 1.807) is 18.2 Å². The van der Waals surface area contributed by atoms with E-state index in [1.165, 1.54) is 4.57 Å². The van der Waals surface area contributed by atoms with Crippen LogP contribution in [0.25, 0.3) is 10.9 Å². The number of carbonyl (C=O) groups excluding carboxylic acids is 1. The Balaban J connectivity index is 1.71. The second-order valence-electron chi connectivity index (χ2n) is 6.28. The number of hydrogen-bond donors (Lipinski definition) is 3. The largest absolute Gasteiger partial charge is 0.393 e. The van der Waals surface area contributed by atoms with Crippen molar-refractivity contribution in [2.75, 3.05) is 6.54 Å². The molecule has 2 atom stereocenters. The van der Waals surface area contributed by atoms with Crippen LogP contribution >= 0.6 is 12.2 Å². The maximum absolute atomic E-state index is 12.5. The molecule has 1 saturated carbocycles. The molecular weight excluding hydrogens is 326 g/mol. The molecule has 1 aliphatic carbocycles. The number of benzene rings is 1. The SMILES string of the molecule is O=C(Cn1c(=S)[nH]c2ccccc2c1=O)NC[C@H]1CCCC[C@@H]1O. The van der Waals surface area contributed by atoms with E-state index in [4.69, 9.17) is 12.2 Å². The molecule has 1 fully saturated rings. The van der Waals surface area contributed by atoms with E-state index in [2.05, 4.69) is 10.3 Å². The van der Waals surface area contributed by atoms with Gasteiger partial charge in [0.1, 0.15) is 6.54 Å². The van der Waals surface area contributed by atoms with Crippen LogP contribution in [0, 0.1) is 10.7 Å². The molecule has 0 radical (unpaired) electrons. The van der Waals surface area contributed by atoms with Gasteiger partial charge in [0.2, 0.25) is 5.91 Å². The van der Waals surface area contributed by atoms with Crippen molar-refractivity contribution in [1.82, 2.24) is 14.9 Å². The summed E-state index contributed by atoms with van der Waals surface area (Å²) in [4.78, 5) is 27.7.